The SMILES string of the molecule is Cc1cccnc1NC(=O)COc1ccc2ccccc2c1Br. The van der Waals surface area contributed by atoms with E-state index >= 15 is 0 Å². The summed E-state index contributed by atoms with van der Waals surface area (Å²) in [5, 5.41) is 4.91. The van der Waals surface area contributed by atoms with Gasteiger partial charge < -0.3 is 10.1 Å². The van der Waals surface area contributed by atoms with Gasteiger partial charge in [0, 0.05) is 6.20 Å². The number of halogens is 1. The van der Waals surface area contributed by atoms with Crippen LogP contribution in [0.15, 0.2) is 59.2 Å². The number of hydrogen-bond donors (Lipinski definition) is 1. The number of carbonyl (C=O) groups excluding carboxylic acids is 1. The molecule has 0 bridgehead atoms. The summed E-state index contributed by atoms with van der Waals surface area (Å²) in [6.45, 7) is 1.82. The van der Waals surface area contributed by atoms with E-state index in [0.717, 1.165) is 20.8 Å². The topological polar surface area (TPSA) is 51.2 Å². The first-order chi connectivity index (χ1) is 11.1. The normalized spacial score (nSPS) is 10.5. The summed E-state index contributed by atoms with van der Waals surface area (Å²) in [6, 6.07) is 15.5. The zero-order valence-electron chi connectivity index (χ0n) is 12.5. The fraction of sp³-hybridized carbons (Fsp3) is 0.111. The second kappa shape index (κ2) is 6.79. The van der Waals surface area contributed by atoms with Crippen LogP contribution in [0.1, 0.15) is 5.56 Å². The summed E-state index contributed by atoms with van der Waals surface area (Å²) in [7, 11) is 0. The minimum absolute atomic E-state index is 0.0764. The van der Waals surface area contributed by atoms with Crippen molar-refractivity contribution < 1.29 is 9.53 Å². The largest absolute Gasteiger partial charge is 0.483 e. The van der Waals surface area contributed by atoms with E-state index in [1.165, 1.54) is 0 Å². The zero-order valence-corrected chi connectivity index (χ0v) is 14.1. The predicted octanol–water partition coefficient (Wildman–Crippen LogP) is 4.32. The summed E-state index contributed by atoms with van der Waals surface area (Å²) >= 11 is 3.54. The van der Waals surface area contributed by atoms with Crippen LogP contribution in [-0.2, 0) is 4.79 Å². The molecule has 0 aliphatic carbocycles. The Bertz CT molecular complexity index is 865. The highest BCUT2D eigenvalue weighted by Gasteiger charge is 2.10. The summed E-state index contributed by atoms with van der Waals surface area (Å²) in [4.78, 5) is 16.2. The number of carbonyl (C=O) groups is 1. The first kappa shape index (κ1) is 15.5. The minimum atomic E-state index is -0.244. The molecule has 0 saturated heterocycles. The van der Waals surface area contributed by atoms with Crippen molar-refractivity contribution in [2.24, 2.45) is 0 Å². The average Bonchev–Trinajstić information content (AvgIpc) is 2.57. The van der Waals surface area contributed by atoms with E-state index in [-0.39, 0.29) is 12.5 Å². The first-order valence-corrected chi connectivity index (χ1v) is 7.96. The van der Waals surface area contributed by atoms with Gasteiger partial charge in [-0.05, 0) is 51.3 Å². The van der Waals surface area contributed by atoms with Gasteiger partial charge in [-0.15, -0.1) is 0 Å². The number of rotatable bonds is 4. The van der Waals surface area contributed by atoms with Crippen molar-refractivity contribution in [3.63, 3.8) is 0 Å². The fourth-order valence-corrected chi connectivity index (χ4v) is 2.86. The molecule has 1 heterocycles. The Kier molecular flexibility index (Phi) is 4.57. The Balaban J connectivity index is 1.70. The number of nitrogens with zero attached hydrogens (tertiary/aromatic N) is 1. The van der Waals surface area contributed by atoms with Crippen molar-refractivity contribution in [2.75, 3.05) is 11.9 Å². The third-order valence-electron chi connectivity index (χ3n) is 3.45. The molecule has 1 amide bonds. The standard InChI is InChI=1S/C18H15BrN2O2/c1-12-5-4-10-20-18(12)21-16(22)11-23-15-9-8-13-6-2-3-7-14(13)17(15)19/h2-10H,11H2,1H3,(H,20,21,22). The Morgan fingerprint density at radius 1 is 1.17 bits per heavy atom. The van der Waals surface area contributed by atoms with Gasteiger partial charge in [-0.3, -0.25) is 4.79 Å². The molecule has 0 saturated carbocycles. The lowest BCUT2D eigenvalue weighted by Gasteiger charge is -2.11. The maximum atomic E-state index is 12.0. The van der Waals surface area contributed by atoms with Crippen LogP contribution in [0.2, 0.25) is 0 Å². The number of ether oxygens (including phenoxy) is 1. The van der Waals surface area contributed by atoms with Crippen LogP contribution >= 0.6 is 15.9 Å². The van der Waals surface area contributed by atoms with Crippen LogP contribution in [0.5, 0.6) is 5.75 Å². The number of aryl methyl sites for hydroxylation is 1. The van der Waals surface area contributed by atoms with Crippen LogP contribution in [-0.4, -0.2) is 17.5 Å². The van der Waals surface area contributed by atoms with Gasteiger partial charge in [0.05, 0.1) is 4.47 Å². The van der Waals surface area contributed by atoms with Gasteiger partial charge >= 0.3 is 0 Å². The van der Waals surface area contributed by atoms with Crippen LogP contribution in [0.4, 0.5) is 5.82 Å². The molecule has 0 spiro atoms. The van der Waals surface area contributed by atoms with Crippen molar-refractivity contribution in [2.45, 2.75) is 6.92 Å². The van der Waals surface area contributed by atoms with Crippen molar-refractivity contribution in [3.8, 4) is 5.75 Å². The molecule has 3 aromatic rings. The van der Waals surface area contributed by atoms with Crippen LogP contribution in [0.25, 0.3) is 10.8 Å². The minimum Gasteiger partial charge on any atom is -0.483 e. The molecule has 5 heteroatoms. The van der Waals surface area contributed by atoms with Gasteiger partial charge in [0.1, 0.15) is 11.6 Å². The van der Waals surface area contributed by atoms with Gasteiger partial charge in [0.25, 0.3) is 5.91 Å². The fourth-order valence-electron chi connectivity index (χ4n) is 2.25. The van der Waals surface area contributed by atoms with E-state index in [0.29, 0.717) is 11.6 Å². The molecule has 0 fully saturated rings. The van der Waals surface area contributed by atoms with Gasteiger partial charge in [-0.1, -0.05) is 36.4 Å². The Hall–Kier alpha value is -2.40. The molecule has 23 heavy (non-hydrogen) atoms. The second-order valence-corrected chi connectivity index (χ2v) is 5.90. The Labute approximate surface area is 142 Å². The van der Waals surface area contributed by atoms with Crippen molar-refractivity contribution in [3.05, 3.63) is 64.8 Å². The number of nitrogens with one attached hydrogen (secondary N) is 1. The molecule has 0 unspecified atom stereocenters. The van der Waals surface area contributed by atoms with Gasteiger partial charge in [0.15, 0.2) is 6.61 Å². The predicted molar refractivity (Wildman–Crippen MR) is 94.7 cm³/mol. The van der Waals surface area contributed by atoms with Crippen LogP contribution < -0.4 is 10.1 Å². The highest BCUT2D eigenvalue weighted by Crippen LogP contribution is 2.32. The summed E-state index contributed by atoms with van der Waals surface area (Å²) in [6.07, 6.45) is 1.64. The number of aromatic nitrogens is 1. The molecule has 4 nitrogen and oxygen atoms in total. The highest BCUT2D eigenvalue weighted by molar-refractivity contribution is 9.10. The molecule has 2 aromatic carbocycles. The number of benzene rings is 2. The summed E-state index contributed by atoms with van der Waals surface area (Å²) < 4.78 is 6.48. The maximum absolute atomic E-state index is 12.0. The molecule has 1 aromatic heterocycles. The first-order valence-electron chi connectivity index (χ1n) is 7.16. The Morgan fingerprint density at radius 3 is 2.83 bits per heavy atom. The number of hydrogen-bond acceptors (Lipinski definition) is 3. The van der Waals surface area contributed by atoms with E-state index in [9.17, 15) is 4.79 Å². The summed E-state index contributed by atoms with van der Waals surface area (Å²) in [5.41, 5.74) is 0.910. The second-order valence-electron chi connectivity index (χ2n) is 5.10. The van der Waals surface area contributed by atoms with Crippen molar-refractivity contribution in [1.82, 2.24) is 4.98 Å². The number of pyridine rings is 1. The lowest BCUT2D eigenvalue weighted by Crippen LogP contribution is -2.21. The number of fused-ring (bicyclic) bond motifs is 1. The van der Waals surface area contributed by atoms with Crippen molar-refractivity contribution >= 4 is 38.4 Å². The van der Waals surface area contributed by atoms with E-state index in [1.54, 1.807) is 6.20 Å². The number of anilines is 1. The lowest BCUT2D eigenvalue weighted by molar-refractivity contribution is -0.118. The molecule has 116 valence electrons. The van der Waals surface area contributed by atoms with Crippen molar-refractivity contribution in [1.29, 1.82) is 0 Å². The number of amides is 1. The van der Waals surface area contributed by atoms with E-state index in [1.807, 2.05) is 55.5 Å². The molecule has 0 aliphatic rings. The van der Waals surface area contributed by atoms with E-state index in [2.05, 4.69) is 26.2 Å². The molecule has 0 atom stereocenters. The third kappa shape index (κ3) is 3.51. The average molecular weight is 371 g/mol. The lowest BCUT2D eigenvalue weighted by atomic mass is 10.1. The molecular weight excluding hydrogens is 356 g/mol. The zero-order chi connectivity index (χ0) is 16.2. The monoisotopic (exact) mass is 370 g/mol. The molecule has 1 N–H and O–H groups in total. The van der Waals surface area contributed by atoms with Gasteiger partial charge in [-0.2, -0.15) is 0 Å². The smallest absolute Gasteiger partial charge is 0.263 e. The van der Waals surface area contributed by atoms with E-state index in [4.69, 9.17) is 4.74 Å². The summed E-state index contributed by atoms with van der Waals surface area (Å²) in [5.74, 6) is 0.946. The molecule has 0 aliphatic heterocycles. The maximum Gasteiger partial charge on any atom is 0.263 e. The third-order valence-corrected chi connectivity index (χ3v) is 4.27. The highest BCUT2D eigenvalue weighted by atomic mass is 79.9. The molecular formula is C18H15BrN2O2. The Morgan fingerprint density at radius 2 is 2.00 bits per heavy atom. The van der Waals surface area contributed by atoms with Gasteiger partial charge in [0.2, 0.25) is 0 Å². The molecule has 0 radical (unpaired) electrons. The molecule has 3 rings (SSSR count). The quantitative estimate of drug-likeness (QED) is 0.743. The van der Waals surface area contributed by atoms with Crippen LogP contribution in [0, 0.1) is 6.92 Å². The van der Waals surface area contributed by atoms with Gasteiger partial charge in [-0.25, -0.2) is 4.98 Å². The van der Waals surface area contributed by atoms with Crippen LogP contribution in [0.3, 0.4) is 0 Å². The van der Waals surface area contributed by atoms with E-state index < -0.39 is 0 Å².